The minimum atomic E-state index is -0.362. The number of carbonyl (C=O) groups excluding carboxylic acids is 2. The van der Waals surface area contributed by atoms with Gasteiger partial charge in [0.05, 0.1) is 33.0 Å². The Labute approximate surface area is 196 Å². The number of hydrogen-bond acceptors (Lipinski definition) is 4. The van der Waals surface area contributed by atoms with Gasteiger partial charge >= 0.3 is 0 Å². The first-order chi connectivity index (χ1) is 15.7. The largest absolute Gasteiger partial charge is 0.350 e. The lowest BCUT2D eigenvalue weighted by molar-refractivity contribution is 0.0942. The molecule has 0 aliphatic rings. The summed E-state index contributed by atoms with van der Waals surface area (Å²) >= 11 is 6.34. The lowest BCUT2D eigenvalue weighted by Crippen LogP contribution is -2.30. The van der Waals surface area contributed by atoms with Gasteiger partial charge in [0.15, 0.2) is 5.65 Å². The van der Waals surface area contributed by atoms with Crippen molar-refractivity contribution in [3.63, 3.8) is 0 Å². The van der Waals surface area contributed by atoms with Crippen LogP contribution in [0.5, 0.6) is 0 Å². The van der Waals surface area contributed by atoms with Gasteiger partial charge in [-0.25, -0.2) is 4.98 Å². The number of anilines is 1. The smallest absolute Gasteiger partial charge is 0.256 e. The fourth-order valence-electron chi connectivity index (χ4n) is 3.68. The van der Waals surface area contributed by atoms with Crippen molar-refractivity contribution in [3.05, 3.63) is 76.4 Å². The standard InChI is InChI=1S/C25H24ClN5O2/c1-14(2)27-24(32)17-10-11-19(26)21(12-17)29-25(33)18-13-20(16-8-6-5-7-9-16)28-23-22(18)15(3)30-31(23)4/h5-14H,1-4H3,(H,27,32)(H,29,33). The van der Waals surface area contributed by atoms with Gasteiger partial charge in [0.1, 0.15) is 0 Å². The van der Waals surface area contributed by atoms with E-state index in [-0.39, 0.29) is 17.9 Å². The van der Waals surface area contributed by atoms with Gasteiger partial charge < -0.3 is 10.6 Å². The number of nitrogens with one attached hydrogen (secondary N) is 2. The van der Waals surface area contributed by atoms with Gasteiger partial charge in [-0.3, -0.25) is 14.3 Å². The number of hydrogen-bond donors (Lipinski definition) is 2. The quantitative estimate of drug-likeness (QED) is 0.438. The molecule has 0 radical (unpaired) electrons. The molecule has 2 aromatic carbocycles. The molecule has 2 aromatic heterocycles. The Hall–Kier alpha value is -3.71. The number of fused-ring (bicyclic) bond motifs is 1. The van der Waals surface area contributed by atoms with E-state index >= 15 is 0 Å². The number of halogens is 1. The third kappa shape index (κ3) is 4.59. The van der Waals surface area contributed by atoms with Crippen LogP contribution in [-0.2, 0) is 7.05 Å². The monoisotopic (exact) mass is 461 g/mol. The summed E-state index contributed by atoms with van der Waals surface area (Å²) in [4.78, 5) is 30.6. The third-order valence-electron chi connectivity index (χ3n) is 5.18. The number of carbonyl (C=O) groups is 2. The topological polar surface area (TPSA) is 88.9 Å². The number of pyridine rings is 1. The molecule has 2 N–H and O–H groups in total. The highest BCUT2D eigenvalue weighted by molar-refractivity contribution is 6.34. The first-order valence-electron chi connectivity index (χ1n) is 10.6. The molecule has 168 valence electrons. The molecule has 0 spiro atoms. The van der Waals surface area contributed by atoms with Crippen LogP contribution in [0.25, 0.3) is 22.3 Å². The summed E-state index contributed by atoms with van der Waals surface area (Å²) in [6.45, 7) is 5.60. The molecule has 0 bridgehead atoms. The summed E-state index contributed by atoms with van der Waals surface area (Å²) in [5.74, 6) is -0.600. The maximum atomic E-state index is 13.4. The second-order valence-electron chi connectivity index (χ2n) is 8.11. The van der Waals surface area contributed by atoms with Crippen LogP contribution in [0.4, 0.5) is 5.69 Å². The van der Waals surface area contributed by atoms with E-state index < -0.39 is 0 Å². The maximum absolute atomic E-state index is 13.4. The molecule has 0 aliphatic carbocycles. The van der Waals surface area contributed by atoms with Crippen molar-refractivity contribution in [1.82, 2.24) is 20.1 Å². The Morgan fingerprint density at radius 3 is 2.45 bits per heavy atom. The normalized spacial score (nSPS) is 11.1. The molecule has 0 fully saturated rings. The van der Waals surface area contributed by atoms with Crippen LogP contribution in [0, 0.1) is 6.92 Å². The van der Waals surface area contributed by atoms with Crippen LogP contribution in [0.3, 0.4) is 0 Å². The van der Waals surface area contributed by atoms with E-state index in [1.165, 1.54) is 0 Å². The second kappa shape index (κ2) is 9.03. The van der Waals surface area contributed by atoms with E-state index in [1.54, 1.807) is 36.0 Å². The molecule has 8 heteroatoms. The molecule has 0 unspecified atom stereocenters. The zero-order valence-corrected chi connectivity index (χ0v) is 19.6. The number of rotatable bonds is 5. The first-order valence-corrected chi connectivity index (χ1v) is 10.9. The van der Waals surface area contributed by atoms with E-state index in [0.717, 1.165) is 5.56 Å². The molecule has 33 heavy (non-hydrogen) atoms. The average Bonchev–Trinajstić information content (AvgIpc) is 3.08. The van der Waals surface area contributed by atoms with Crippen LogP contribution in [0.2, 0.25) is 5.02 Å². The Bertz CT molecular complexity index is 1360. The average molecular weight is 462 g/mol. The molecule has 2 heterocycles. The molecule has 0 atom stereocenters. The zero-order chi connectivity index (χ0) is 23.7. The van der Waals surface area contributed by atoms with Gasteiger partial charge in [-0.05, 0) is 45.0 Å². The highest BCUT2D eigenvalue weighted by Crippen LogP contribution is 2.29. The van der Waals surface area contributed by atoms with Gasteiger partial charge in [-0.15, -0.1) is 0 Å². The number of amides is 2. The van der Waals surface area contributed by atoms with E-state index in [4.69, 9.17) is 16.6 Å². The van der Waals surface area contributed by atoms with Crippen LogP contribution in [-0.4, -0.2) is 32.6 Å². The van der Waals surface area contributed by atoms with Crippen LogP contribution < -0.4 is 10.6 Å². The minimum absolute atomic E-state index is 0.0127. The number of benzene rings is 2. The SMILES string of the molecule is Cc1nn(C)c2nc(-c3ccccc3)cc(C(=O)Nc3cc(C(=O)NC(C)C)ccc3Cl)c12. The third-order valence-corrected chi connectivity index (χ3v) is 5.51. The van der Waals surface area contributed by atoms with E-state index in [0.29, 0.717) is 44.3 Å². The predicted octanol–water partition coefficient (Wildman–Crippen LogP) is 4.99. The molecule has 0 aliphatic heterocycles. The Balaban J connectivity index is 1.77. The van der Waals surface area contributed by atoms with Crippen molar-refractivity contribution in [2.75, 3.05) is 5.32 Å². The fourth-order valence-corrected chi connectivity index (χ4v) is 3.84. The zero-order valence-electron chi connectivity index (χ0n) is 18.8. The summed E-state index contributed by atoms with van der Waals surface area (Å²) in [6.07, 6.45) is 0. The van der Waals surface area contributed by atoms with Crippen molar-refractivity contribution in [1.29, 1.82) is 0 Å². The van der Waals surface area contributed by atoms with Gasteiger partial charge in [-0.2, -0.15) is 5.10 Å². The Kier molecular flexibility index (Phi) is 6.16. The summed E-state index contributed by atoms with van der Waals surface area (Å²) in [5, 5.41) is 11.2. The number of nitrogens with zero attached hydrogens (tertiary/aromatic N) is 3. The van der Waals surface area contributed by atoms with Gasteiger partial charge in [-0.1, -0.05) is 41.9 Å². The molecule has 2 amide bonds. The lowest BCUT2D eigenvalue weighted by atomic mass is 10.0. The second-order valence-corrected chi connectivity index (χ2v) is 8.51. The first kappa shape index (κ1) is 22.5. The lowest BCUT2D eigenvalue weighted by Gasteiger charge is -2.13. The number of aryl methyl sites for hydroxylation is 2. The number of aromatic nitrogens is 3. The fraction of sp³-hybridized carbons (Fsp3) is 0.200. The van der Waals surface area contributed by atoms with E-state index in [9.17, 15) is 9.59 Å². The molecule has 7 nitrogen and oxygen atoms in total. The Morgan fingerprint density at radius 1 is 1.03 bits per heavy atom. The Morgan fingerprint density at radius 2 is 1.76 bits per heavy atom. The van der Waals surface area contributed by atoms with E-state index in [1.807, 2.05) is 51.1 Å². The van der Waals surface area contributed by atoms with Crippen LogP contribution in [0.1, 0.15) is 40.3 Å². The van der Waals surface area contributed by atoms with Crippen LogP contribution in [0.15, 0.2) is 54.6 Å². The summed E-state index contributed by atoms with van der Waals surface area (Å²) in [6, 6.07) is 16.2. The van der Waals surface area contributed by atoms with Crippen molar-refractivity contribution in [2.45, 2.75) is 26.8 Å². The summed E-state index contributed by atoms with van der Waals surface area (Å²) < 4.78 is 1.66. The highest BCUT2D eigenvalue weighted by atomic mass is 35.5. The highest BCUT2D eigenvalue weighted by Gasteiger charge is 2.20. The summed E-state index contributed by atoms with van der Waals surface area (Å²) in [5.41, 5.74) is 4.04. The van der Waals surface area contributed by atoms with Gasteiger partial charge in [0.2, 0.25) is 0 Å². The molecular formula is C25H24ClN5O2. The predicted molar refractivity (Wildman–Crippen MR) is 131 cm³/mol. The molecule has 0 saturated carbocycles. The van der Waals surface area contributed by atoms with Gasteiger partial charge in [0, 0.05) is 24.2 Å². The van der Waals surface area contributed by atoms with Gasteiger partial charge in [0.25, 0.3) is 11.8 Å². The van der Waals surface area contributed by atoms with Crippen molar-refractivity contribution >= 4 is 40.1 Å². The summed E-state index contributed by atoms with van der Waals surface area (Å²) in [7, 11) is 1.80. The minimum Gasteiger partial charge on any atom is -0.350 e. The maximum Gasteiger partial charge on any atom is 0.256 e. The molecule has 4 aromatic rings. The van der Waals surface area contributed by atoms with Crippen molar-refractivity contribution < 1.29 is 9.59 Å². The van der Waals surface area contributed by atoms with Crippen molar-refractivity contribution in [3.8, 4) is 11.3 Å². The van der Waals surface area contributed by atoms with Crippen molar-refractivity contribution in [2.24, 2.45) is 7.05 Å². The van der Waals surface area contributed by atoms with Crippen LogP contribution >= 0.6 is 11.6 Å². The molecule has 0 saturated heterocycles. The molecular weight excluding hydrogens is 438 g/mol. The van der Waals surface area contributed by atoms with E-state index in [2.05, 4.69) is 15.7 Å². The molecule has 4 rings (SSSR count).